The molecule has 3 heteroatoms. The lowest BCUT2D eigenvalue weighted by Crippen LogP contribution is -2.27. The van der Waals surface area contributed by atoms with E-state index in [1.54, 1.807) is 6.07 Å². The zero-order chi connectivity index (χ0) is 19.1. The maximum atomic E-state index is 14.0. The van der Waals surface area contributed by atoms with E-state index in [1.165, 1.54) is 51.0 Å². The van der Waals surface area contributed by atoms with Gasteiger partial charge in [0.2, 0.25) is 0 Å². The Bertz CT molecular complexity index is 711. The van der Waals surface area contributed by atoms with Crippen molar-refractivity contribution in [2.75, 3.05) is 0 Å². The quantitative estimate of drug-likeness (QED) is 0.573. The number of para-hydroxylation sites is 1. The monoisotopic (exact) mass is 368 g/mol. The van der Waals surface area contributed by atoms with Crippen LogP contribution in [0.25, 0.3) is 0 Å². The minimum Gasteiger partial charge on any atom is -0.382 e. The number of benzene rings is 1. The molecule has 0 unspecified atom stereocenters. The summed E-state index contributed by atoms with van der Waals surface area (Å²) in [6.07, 6.45) is 17.5. The first-order valence-corrected chi connectivity index (χ1v) is 10.7. The van der Waals surface area contributed by atoms with Gasteiger partial charge in [-0.1, -0.05) is 63.3 Å². The Hall–Kier alpha value is -1.90. The van der Waals surface area contributed by atoms with Crippen LogP contribution in [0.1, 0.15) is 70.8 Å². The third kappa shape index (κ3) is 5.54. The molecule has 27 heavy (non-hydrogen) atoms. The fraction of sp³-hybridized carbons (Fsp3) is 0.542. The summed E-state index contributed by atoms with van der Waals surface area (Å²) in [6, 6.07) is 5.63. The maximum Gasteiger partial charge on any atom is 0.149 e. The molecule has 1 aliphatic heterocycles. The standard InChI is InChI=1S/C24H33FN2/c1-3-8-23(27-18(2)13-14-19-9-5-4-6-10-19)21-16-15-20-11-7-12-22(25)24(20)26-17-21/h7-8,11-12,16-19,27H,3-6,9-10,13-15H2,1-2H3/b23-8+/t18-/m0/s1. The molecule has 1 atom stereocenters. The summed E-state index contributed by atoms with van der Waals surface area (Å²) in [5.74, 6) is 0.672. The Balaban J connectivity index is 1.63. The maximum absolute atomic E-state index is 14.0. The summed E-state index contributed by atoms with van der Waals surface area (Å²) in [5, 5.41) is 3.70. The predicted octanol–water partition coefficient (Wildman–Crippen LogP) is 6.64. The second kappa shape index (κ2) is 9.87. The second-order valence-corrected chi connectivity index (χ2v) is 8.02. The van der Waals surface area contributed by atoms with Crippen molar-refractivity contribution < 1.29 is 4.39 Å². The number of nitrogens with zero attached hydrogens (tertiary/aromatic N) is 1. The van der Waals surface area contributed by atoms with E-state index in [1.807, 2.05) is 12.3 Å². The van der Waals surface area contributed by atoms with Gasteiger partial charge in [0.1, 0.15) is 11.5 Å². The summed E-state index contributed by atoms with van der Waals surface area (Å²) in [4.78, 5) is 4.45. The lowest BCUT2D eigenvalue weighted by molar-refractivity contribution is 0.320. The molecule has 0 radical (unpaired) electrons. The molecule has 1 saturated carbocycles. The Morgan fingerprint density at radius 2 is 2.11 bits per heavy atom. The highest BCUT2D eigenvalue weighted by Crippen LogP contribution is 2.29. The van der Waals surface area contributed by atoms with Gasteiger partial charge in [-0.25, -0.2) is 4.39 Å². The van der Waals surface area contributed by atoms with Gasteiger partial charge in [0.15, 0.2) is 0 Å². The smallest absolute Gasteiger partial charge is 0.149 e. The van der Waals surface area contributed by atoms with Crippen molar-refractivity contribution in [3.8, 4) is 0 Å². The molecule has 2 aliphatic rings. The minimum atomic E-state index is -0.242. The van der Waals surface area contributed by atoms with Gasteiger partial charge in [0.25, 0.3) is 0 Å². The zero-order valence-electron chi connectivity index (χ0n) is 16.8. The molecule has 0 spiro atoms. The van der Waals surface area contributed by atoms with Crippen molar-refractivity contribution in [1.82, 2.24) is 5.32 Å². The predicted molar refractivity (Wildman–Crippen MR) is 113 cm³/mol. The summed E-state index contributed by atoms with van der Waals surface area (Å²) in [7, 11) is 0. The van der Waals surface area contributed by atoms with Crippen molar-refractivity contribution >= 4 is 11.9 Å². The van der Waals surface area contributed by atoms with Crippen LogP contribution in [0.2, 0.25) is 0 Å². The molecule has 1 aromatic carbocycles. The van der Waals surface area contributed by atoms with Gasteiger partial charge >= 0.3 is 0 Å². The van der Waals surface area contributed by atoms with Crippen LogP contribution in [0.5, 0.6) is 0 Å². The van der Waals surface area contributed by atoms with Gasteiger partial charge in [0.05, 0.1) is 0 Å². The molecule has 0 aromatic heterocycles. The molecule has 3 rings (SSSR count). The van der Waals surface area contributed by atoms with Crippen molar-refractivity contribution in [2.24, 2.45) is 10.9 Å². The zero-order valence-corrected chi connectivity index (χ0v) is 16.8. The molecule has 1 N–H and O–H groups in total. The molecule has 1 aromatic rings. The molecule has 0 bridgehead atoms. The van der Waals surface area contributed by atoms with Crippen LogP contribution in [0.3, 0.4) is 0 Å². The summed E-state index contributed by atoms with van der Waals surface area (Å²) in [6.45, 7) is 4.42. The SMILES string of the molecule is CC/C=C(/N[C@@H](C)CCC1CCCCC1)C1=CCc2cccc(F)c2N=C1. The molecule has 1 heterocycles. The molecule has 1 aliphatic carbocycles. The number of halogens is 1. The van der Waals surface area contributed by atoms with Crippen LogP contribution in [-0.2, 0) is 6.42 Å². The van der Waals surface area contributed by atoms with E-state index in [4.69, 9.17) is 0 Å². The van der Waals surface area contributed by atoms with Crippen LogP contribution in [-0.4, -0.2) is 12.3 Å². The van der Waals surface area contributed by atoms with Crippen LogP contribution >= 0.6 is 0 Å². The van der Waals surface area contributed by atoms with Gasteiger partial charge in [-0.3, -0.25) is 4.99 Å². The number of nitrogens with one attached hydrogen (secondary N) is 1. The highest BCUT2D eigenvalue weighted by molar-refractivity contribution is 5.87. The van der Waals surface area contributed by atoms with E-state index in [0.717, 1.165) is 29.2 Å². The molecule has 2 nitrogen and oxygen atoms in total. The van der Waals surface area contributed by atoms with Crippen molar-refractivity contribution in [2.45, 2.75) is 77.7 Å². The van der Waals surface area contributed by atoms with Crippen LogP contribution in [0.4, 0.5) is 10.1 Å². The number of allylic oxidation sites excluding steroid dienone is 3. The topological polar surface area (TPSA) is 24.4 Å². The second-order valence-electron chi connectivity index (χ2n) is 8.02. The highest BCUT2D eigenvalue weighted by atomic mass is 19.1. The number of fused-ring (bicyclic) bond motifs is 1. The largest absolute Gasteiger partial charge is 0.382 e. The van der Waals surface area contributed by atoms with Gasteiger partial charge in [0, 0.05) is 23.5 Å². The van der Waals surface area contributed by atoms with E-state index >= 15 is 0 Å². The number of hydrogen-bond donors (Lipinski definition) is 1. The number of rotatable bonds is 7. The Kier molecular flexibility index (Phi) is 7.25. The molecular formula is C24H33FN2. The normalized spacial score (nSPS) is 19.2. The number of aliphatic imine (C=N–C) groups is 1. The molecule has 1 fully saturated rings. The van der Waals surface area contributed by atoms with E-state index < -0.39 is 0 Å². The van der Waals surface area contributed by atoms with Crippen LogP contribution < -0.4 is 5.32 Å². The first kappa shape index (κ1) is 19.9. The van der Waals surface area contributed by atoms with Gasteiger partial charge in [-0.05, 0) is 50.2 Å². The third-order valence-electron chi connectivity index (χ3n) is 5.80. The Morgan fingerprint density at radius 3 is 2.89 bits per heavy atom. The Morgan fingerprint density at radius 1 is 1.30 bits per heavy atom. The van der Waals surface area contributed by atoms with Crippen molar-refractivity contribution in [3.63, 3.8) is 0 Å². The lowest BCUT2D eigenvalue weighted by atomic mass is 9.85. The first-order chi connectivity index (χ1) is 13.2. The van der Waals surface area contributed by atoms with Crippen molar-refractivity contribution in [1.29, 1.82) is 0 Å². The van der Waals surface area contributed by atoms with Gasteiger partial charge < -0.3 is 5.32 Å². The minimum absolute atomic E-state index is 0.242. The fourth-order valence-corrected chi connectivity index (χ4v) is 4.22. The van der Waals surface area contributed by atoms with Gasteiger partial charge in [-0.15, -0.1) is 0 Å². The van der Waals surface area contributed by atoms with Gasteiger partial charge in [-0.2, -0.15) is 0 Å². The van der Waals surface area contributed by atoms with E-state index in [9.17, 15) is 4.39 Å². The van der Waals surface area contributed by atoms with E-state index in [0.29, 0.717) is 18.2 Å². The van der Waals surface area contributed by atoms with Crippen molar-refractivity contribution in [3.05, 3.63) is 53.0 Å². The third-order valence-corrected chi connectivity index (χ3v) is 5.80. The van der Waals surface area contributed by atoms with Crippen LogP contribution in [0, 0.1) is 11.7 Å². The summed E-state index contributed by atoms with van der Waals surface area (Å²) < 4.78 is 14.0. The lowest BCUT2D eigenvalue weighted by Gasteiger charge is -2.24. The molecule has 0 saturated heterocycles. The average Bonchev–Trinajstić information content (AvgIpc) is 2.91. The highest BCUT2D eigenvalue weighted by Gasteiger charge is 2.16. The fourth-order valence-electron chi connectivity index (χ4n) is 4.22. The molecule has 0 amide bonds. The Labute approximate surface area is 163 Å². The van der Waals surface area contributed by atoms with E-state index in [2.05, 4.69) is 36.3 Å². The van der Waals surface area contributed by atoms with Crippen LogP contribution in [0.15, 0.2) is 46.6 Å². The number of hydrogen-bond acceptors (Lipinski definition) is 2. The summed E-state index contributed by atoms with van der Waals surface area (Å²) in [5.41, 5.74) is 3.62. The summed E-state index contributed by atoms with van der Waals surface area (Å²) >= 11 is 0. The first-order valence-electron chi connectivity index (χ1n) is 10.7. The molecule has 146 valence electrons. The molecular weight excluding hydrogens is 335 g/mol. The van der Waals surface area contributed by atoms with E-state index in [-0.39, 0.29) is 5.82 Å². The average molecular weight is 369 g/mol.